The van der Waals surface area contributed by atoms with Crippen molar-refractivity contribution in [2.75, 3.05) is 12.0 Å². The number of nitrogens with one attached hydrogen (secondary N) is 2. The zero-order chi connectivity index (χ0) is 27.1. The standard InChI is InChI=1S/C29H40F2N6O/c1-4-15-29(30,31)22-18-26(38)35-23-13-14-25-27(28(22)23)21(3)24(5-2)37(25)17-12-10-8-6-7-9-11-16-34-36-19-32-33-20-36/h13-14,18-20,34H,4-12,15-17H2,1-3H3,(H,35,38). The summed E-state index contributed by atoms with van der Waals surface area (Å²) in [4.78, 5) is 15.0. The summed E-state index contributed by atoms with van der Waals surface area (Å²) < 4.78 is 34.5. The third kappa shape index (κ3) is 6.08. The van der Waals surface area contributed by atoms with Crippen molar-refractivity contribution in [1.82, 2.24) is 24.4 Å². The molecule has 0 aliphatic rings. The van der Waals surface area contributed by atoms with E-state index in [2.05, 4.69) is 32.1 Å². The summed E-state index contributed by atoms with van der Waals surface area (Å²) in [6, 6.07) is 4.87. The molecular formula is C29H40F2N6O. The first-order chi connectivity index (χ1) is 18.4. The van der Waals surface area contributed by atoms with E-state index in [9.17, 15) is 4.79 Å². The lowest BCUT2D eigenvalue weighted by atomic mass is 9.96. The highest BCUT2D eigenvalue weighted by atomic mass is 19.3. The summed E-state index contributed by atoms with van der Waals surface area (Å²) in [6.45, 7) is 7.67. The van der Waals surface area contributed by atoms with Crippen LogP contribution in [0.2, 0.25) is 0 Å². The lowest BCUT2D eigenvalue weighted by molar-refractivity contribution is -0.0125. The summed E-state index contributed by atoms with van der Waals surface area (Å²) in [5.41, 5.74) is 6.29. The normalized spacial score (nSPS) is 12.1. The van der Waals surface area contributed by atoms with Crippen molar-refractivity contribution in [3.05, 3.63) is 58.0 Å². The number of aromatic nitrogens is 5. The summed E-state index contributed by atoms with van der Waals surface area (Å²) >= 11 is 0. The van der Waals surface area contributed by atoms with Gasteiger partial charge in [-0.2, -0.15) is 0 Å². The van der Waals surface area contributed by atoms with Crippen LogP contribution in [0.3, 0.4) is 0 Å². The Balaban J connectivity index is 1.42. The molecule has 0 saturated heterocycles. The Labute approximate surface area is 222 Å². The second-order valence-electron chi connectivity index (χ2n) is 10.2. The van der Waals surface area contributed by atoms with Crippen LogP contribution in [0.5, 0.6) is 0 Å². The van der Waals surface area contributed by atoms with Gasteiger partial charge >= 0.3 is 0 Å². The molecule has 0 saturated carbocycles. The number of aryl methyl sites for hydroxylation is 2. The molecule has 1 aromatic carbocycles. The maximum Gasteiger partial charge on any atom is 0.274 e. The van der Waals surface area contributed by atoms with Crippen molar-refractivity contribution < 1.29 is 8.78 Å². The van der Waals surface area contributed by atoms with Gasteiger partial charge in [-0.3, -0.25) is 4.79 Å². The van der Waals surface area contributed by atoms with Crippen LogP contribution < -0.4 is 11.0 Å². The van der Waals surface area contributed by atoms with Gasteiger partial charge in [0.2, 0.25) is 5.56 Å². The number of hydrogen-bond donors (Lipinski definition) is 2. The minimum absolute atomic E-state index is 0.150. The van der Waals surface area contributed by atoms with Gasteiger partial charge in [-0.25, -0.2) is 13.5 Å². The van der Waals surface area contributed by atoms with Gasteiger partial charge in [0, 0.05) is 58.6 Å². The van der Waals surface area contributed by atoms with E-state index >= 15 is 8.78 Å². The predicted octanol–water partition coefficient (Wildman–Crippen LogP) is 6.81. The van der Waals surface area contributed by atoms with Crippen molar-refractivity contribution in [3.63, 3.8) is 0 Å². The fourth-order valence-corrected chi connectivity index (χ4v) is 5.66. The van der Waals surface area contributed by atoms with Crippen molar-refractivity contribution >= 4 is 21.8 Å². The fraction of sp³-hybridized carbons (Fsp3) is 0.552. The number of fused-ring (bicyclic) bond motifs is 3. The number of pyridine rings is 1. The van der Waals surface area contributed by atoms with Gasteiger partial charge in [0.15, 0.2) is 0 Å². The molecule has 0 amide bonds. The summed E-state index contributed by atoms with van der Waals surface area (Å²) in [5, 5.41) is 8.88. The fourth-order valence-electron chi connectivity index (χ4n) is 5.66. The maximum atomic E-state index is 15.2. The van der Waals surface area contributed by atoms with Crippen LogP contribution in [-0.2, 0) is 18.9 Å². The molecule has 0 aliphatic heterocycles. The van der Waals surface area contributed by atoms with E-state index in [1.54, 1.807) is 30.3 Å². The molecule has 0 unspecified atom stereocenters. The number of unbranched alkanes of at least 4 members (excludes halogenated alkanes) is 6. The highest BCUT2D eigenvalue weighted by molar-refractivity contribution is 6.09. The van der Waals surface area contributed by atoms with E-state index in [4.69, 9.17) is 0 Å². The minimum Gasteiger partial charge on any atom is -0.344 e. The first-order valence-electron chi connectivity index (χ1n) is 14.0. The number of nitrogens with zero attached hydrogens (tertiary/aromatic N) is 4. The number of H-pyrrole nitrogens is 1. The van der Waals surface area contributed by atoms with Crippen LogP contribution in [-0.4, -0.2) is 31.0 Å². The van der Waals surface area contributed by atoms with Gasteiger partial charge in [-0.15, -0.1) is 10.2 Å². The van der Waals surface area contributed by atoms with Gasteiger partial charge in [-0.05, 0) is 43.9 Å². The monoisotopic (exact) mass is 526 g/mol. The average molecular weight is 527 g/mol. The molecule has 3 heterocycles. The molecule has 2 N–H and O–H groups in total. The SMILES string of the molecule is CCCC(F)(F)c1cc(=O)[nH]c2ccc3c(c(C)c(CC)n3CCCCCCCCCNn3cnnc3)c12. The molecular weight excluding hydrogens is 486 g/mol. The quantitative estimate of drug-likeness (QED) is 0.167. The molecule has 7 nitrogen and oxygen atoms in total. The van der Waals surface area contributed by atoms with E-state index in [0.29, 0.717) is 17.3 Å². The molecule has 4 aromatic rings. The van der Waals surface area contributed by atoms with E-state index < -0.39 is 11.5 Å². The van der Waals surface area contributed by atoms with Crippen molar-refractivity contribution in [2.45, 2.75) is 97.4 Å². The number of aromatic amines is 1. The van der Waals surface area contributed by atoms with Gasteiger partial charge in [-0.1, -0.05) is 52.4 Å². The minimum atomic E-state index is -3.05. The van der Waals surface area contributed by atoms with Crippen LogP contribution in [0.1, 0.15) is 88.5 Å². The predicted molar refractivity (Wildman–Crippen MR) is 150 cm³/mol. The molecule has 9 heteroatoms. The second-order valence-corrected chi connectivity index (χ2v) is 10.2. The Kier molecular flexibility index (Phi) is 9.17. The Morgan fingerprint density at radius 2 is 1.66 bits per heavy atom. The highest BCUT2D eigenvalue weighted by Crippen LogP contribution is 2.41. The van der Waals surface area contributed by atoms with E-state index in [1.807, 2.05) is 13.0 Å². The molecule has 0 bridgehead atoms. The van der Waals surface area contributed by atoms with Crippen molar-refractivity contribution in [1.29, 1.82) is 0 Å². The van der Waals surface area contributed by atoms with Crippen LogP contribution in [0.25, 0.3) is 21.8 Å². The lowest BCUT2D eigenvalue weighted by Gasteiger charge is -2.18. The Hall–Kier alpha value is -3.23. The Bertz CT molecular complexity index is 1390. The molecule has 0 spiro atoms. The van der Waals surface area contributed by atoms with E-state index in [0.717, 1.165) is 61.3 Å². The summed E-state index contributed by atoms with van der Waals surface area (Å²) in [5.74, 6) is -3.05. The first kappa shape index (κ1) is 27.8. The maximum absolute atomic E-state index is 15.2. The highest BCUT2D eigenvalue weighted by Gasteiger charge is 2.34. The molecule has 0 atom stereocenters. The molecule has 38 heavy (non-hydrogen) atoms. The van der Waals surface area contributed by atoms with E-state index in [-0.39, 0.29) is 12.0 Å². The third-order valence-electron chi connectivity index (χ3n) is 7.48. The average Bonchev–Trinajstić information content (AvgIpc) is 3.50. The Morgan fingerprint density at radius 3 is 2.34 bits per heavy atom. The van der Waals surface area contributed by atoms with Gasteiger partial charge in [0.05, 0.1) is 0 Å². The number of alkyl halides is 2. The van der Waals surface area contributed by atoms with Crippen LogP contribution in [0.15, 0.2) is 35.6 Å². The van der Waals surface area contributed by atoms with Crippen LogP contribution >= 0.6 is 0 Å². The number of benzene rings is 1. The zero-order valence-electron chi connectivity index (χ0n) is 22.8. The third-order valence-corrected chi connectivity index (χ3v) is 7.48. The van der Waals surface area contributed by atoms with Crippen LogP contribution in [0, 0.1) is 6.92 Å². The molecule has 3 aromatic heterocycles. The molecule has 0 fully saturated rings. The van der Waals surface area contributed by atoms with Crippen molar-refractivity contribution in [3.8, 4) is 0 Å². The topological polar surface area (TPSA) is 80.5 Å². The lowest BCUT2D eigenvalue weighted by Crippen LogP contribution is -2.18. The van der Waals surface area contributed by atoms with Gasteiger partial charge in [0.1, 0.15) is 12.7 Å². The zero-order valence-corrected chi connectivity index (χ0v) is 22.8. The van der Waals surface area contributed by atoms with Crippen molar-refractivity contribution in [2.24, 2.45) is 0 Å². The number of rotatable bonds is 15. The summed E-state index contributed by atoms with van der Waals surface area (Å²) in [6.07, 6.45) is 12.3. The first-order valence-corrected chi connectivity index (χ1v) is 14.0. The number of halogens is 2. The van der Waals surface area contributed by atoms with Gasteiger partial charge in [0.25, 0.3) is 5.92 Å². The number of hydrogen-bond acceptors (Lipinski definition) is 4. The molecule has 0 radical (unpaired) electrons. The van der Waals surface area contributed by atoms with Gasteiger partial charge < -0.3 is 15.0 Å². The smallest absolute Gasteiger partial charge is 0.274 e. The largest absolute Gasteiger partial charge is 0.344 e. The van der Waals surface area contributed by atoms with Crippen LogP contribution in [0.4, 0.5) is 8.78 Å². The molecule has 0 aliphatic carbocycles. The molecule has 206 valence electrons. The molecule has 4 rings (SSSR count). The second kappa shape index (κ2) is 12.5. The summed E-state index contributed by atoms with van der Waals surface area (Å²) in [7, 11) is 0. The van der Waals surface area contributed by atoms with E-state index in [1.165, 1.54) is 31.4 Å². The Morgan fingerprint density at radius 1 is 0.974 bits per heavy atom.